The van der Waals surface area contributed by atoms with Gasteiger partial charge in [0.15, 0.2) is 0 Å². The van der Waals surface area contributed by atoms with Gasteiger partial charge in [-0.15, -0.1) is 0 Å². The molecule has 3 atom stereocenters. The SMILES string of the molecule is CCN1CCCC1CNS(=O)(=O)CC12CCC(CC1=O)C2(C)C. The summed E-state index contributed by atoms with van der Waals surface area (Å²) in [6.45, 7) is 8.78. The maximum absolute atomic E-state index is 12.7. The highest BCUT2D eigenvalue weighted by Gasteiger charge is 2.65. The Bertz CT molecular complexity index is 587. The first-order chi connectivity index (χ1) is 10.7. The van der Waals surface area contributed by atoms with Crippen LogP contribution in [0.5, 0.6) is 0 Å². The Morgan fingerprint density at radius 3 is 2.61 bits per heavy atom. The number of likely N-dealkylation sites (N-methyl/N-ethyl adjacent to an activating group) is 1. The molecule has 5 nitrogen and oxygen atoms in total. The Labute approximate surface area is 140 Å². The van der Waals surface area contributed by atoms with Crippen LogP contribution in [-0.2, 0) is 14.8 Å². The molecule has 3 fully saturated rings. The van der Waals surface area contributed by atoms with Crippen LogP contribution in [0.25, 0.3) is 0 Å². The Balaban J connectivity index is 1.68. The van der Waals surface area contributed by atoms with Crippen molar-refractivity contribution in [1.29, 1.82) is 0 Å². The van der Waals surface area contributed by atoms with Gasteiger partial charge in [0.2, 0.25) is 10.0 Å². The van der Waals surface area contributed by atoms with Crippen LogP contribution in [-0.4, -0.2) is 50.5 Å². The summed E-state index contributed by atoms with van der Waals surface area (Å²) in [7, 11) is -3.43. The van der Waals surface area contributed by atoms with Crippen LogP contribution in [0.3, 0.4) is 0 Å². The van der Waals surface area contributed by atoms with Gasteiger partial charge in [0.05, 0.1) is 5.75 Å². The summed E-state index contributed by atoms with van der Waals surface area (Å²) in [5.41, 5.74) is -0.856. The fourth-order valence-corrected chi connectivity index (χ4v) is 7.12. The predicted molar refractivity (Wildman–Crippen MR) is 90.6 cm³/mol. The van der Waals surface area contributed by atoms with E-state index in [4.69, 9.17) is 0 Å². The molecule has 0 amide bonds. The van der Waals surface area contributed by atoms with Gasteiger partial charge in [-0.25, -0.2) is 13.1 Å². The molecular formula is C17H30N2O3S. The molecule has 0 aromatic carbocycles. The molecule has 0 aromatic rings. The zero-order valence-electron chi connectivity index (χ0n) is 14.6. The first-order valence-electron chi connectivity index (χ1n) is 8.96. The number of carbonyl (C=O) groups is 1. The molecule has 132 valence electrons. The number of nitrogens with zero attached hydrogens (tertiary/aromatic N) is 1. The number of hydrogen-bond donors (Lipinski definition) is 1. The highest BCUT2D eigenvalue weighted by molar-refractivity contribution is 7.89. The minimum absolute atomic E-state index is 0.0266. The number of Topliss-reactive ketones (excluding diaryl/α,β-unsaturated/α-hetero) is 1. The third-order valence-corrected chi connectivity index (χ3v) is 8.50. The summed E-state index contributed by atoms with van der Waals surface area (Å²) in [4.78, 5) is 14.8. The molecule has 0 radical (unpaired) electrons. The smallest absolute Gasteiger partial charge is 0.212 e. The lowest BCUT2D eigenvalue weighted by Crippen LogP contribution is -2.47. The summed E-state index contributed by atoms with van der Waals surface area (Å²) in [5, 5.41) is 0. The van der Waals surface area contributed by atoms with Gasteiger partial charge in [0.25, 0.3) is 0 Å². The third kappa shape index (κ3) is 2.76. The zero-order chi connectivity index (χ0) is 16.9. The van der Waals surface area contributed by atoms with Crippen LogP contribution >= 0.6 is 0 Å². The predicted octanol–water partition coefficient (Wildman–Crippen LogP) is 1.79. The fourth-order valence-electron chi connectivity index (χ4n) is 5.25. The molecule has 3 unspecified atom stereocenters. The second-order valence-corrected chi connectivity index (χ2v) is 10.0. The fraction of sp³-hybridized carbons (Fsp3) is 0.941. The van der Waals surface area contributed by atoms with E-state index in [1.807, 2.05) is 0 Å². The van der Waals surface area contributed by atoms with Gasteiger partial charge in [-0.1, -0.05) is 20.8 Å². The number of fused-ring (bicyclic) bond motifs is 2. The minimum atomic E-state index is -3.43. The van der Waals surface area contributed by atoms with E-state index in [-0.39, 0.29) is 17.0 Å². The van der Waals surface area contributed by atoms with Gasteiger partial charge >= 0.3 is 0 Å². The molecule has 3 aliphatic rings. The van der Waals surface area contributed by atoms with E-state index in [0.717, 1.165) is 38.8 Å². The normalized spacial score (nSPS) is 36.9. The molecule has 0 spiro atoms. The topological polar surface area (TPSA) is 66.5 Å². The molecular weight excluding hydrogens is 312 g/mol. The average molecular weight is 343 g/mol. The highest BCUT2D eigenvalue weighted by atomic mass is 32.2. The number of nitrogens with one attached hydrogen (secondary N) is 1. The summed E-state index contributed by atoms with van der Waals surface area (Å²) in [5.74, 6) is 0.497. The second kappa shape index (κ2) is 5.81. The van der Waals surface area contributed by atoms with Gasteiger partial charge < -0.3 is 0 Å². The molecule has 23 heavy (non-hydrogen) atoms. The van der Waals surface area contributed by atoms with Crippen LogP contribution in [0.2, 0.25) is 0 Å². The van der Waals surface area contributed by atoms with Crippen molar-refractivity contribution in [2.75, 3.05) is 25.4 Å². The molecule has 2 aliphatic carbocycles. The lowest BCUT2D eigenvalue weighted by molar-refractivity contribution is -0.128. The third-order valence-electron chi connectivity index (χ3n) is 7.02. The van der Waals surface area contributed by atoms with E-state index in [1.165, 1.54) is 0 Å². The molecule has 1 heterocycles. The van der Waals surface area contributed by atoms with Crippen LogP contribution < -0.4 is 4.72 Å². The van der Waals surface area contributed by atoms with Crippen molar-refractivity contribution in [2.45, 2.75) is 58.9 Å². The van der Waals surface area contributed by atoms with Crippen molar-refractivity contribution in [3.63, 3.8) is 0 Å². The van der Waals surface area contributed by atoms with Crippen molar-refractivity contribution in [3.8, 4) is 0 Å². The number of rotatable bonds is 6. The second-order valence-electron chi connectivity index (χ2n) is 8.20. The molecule has 0 aromatic heterocycles. The molecule has 3 rings (SSSR count). The van der Waals surface area contributed by atoms with Gasteiger partial charge in [-0.2, -0.15) is 0 Å². The number of ketones is 1. The van der Waals surface area contributed by atoms with Crippen LogP contribution in [0, 0.1) is 16.7 Å². The largest absolute Gasteiger partial charge is 0.299 e. The Morgan fingerprint density at radius 2 is 2.04 bits per heavy atom. The molecule has 1 saturated heterocycles. The van der Waals surface area contributed by atoms with Crippen LogP contribution in [0.4, 0.5) is 0 Å². The quantitative estimate of drug-likeness (QED) is 0.799. The first-order valence-corrected chi connectivity index (χ1v) is 10.6. The van der Waals surface area contributed by atoms with Crippen molar-refractivity contribution in [1.82, 2.24) is 9.62 Å². The Kier molecular flexibility index (Phi) is 4.39. The molecule has 1 N–H and O–H groups in total. The van der Waals surface area contributed by atoms with Crippen molar-refractivity contribution in [3.05, 3.63) is 0 Å². The van der Waals surface area contributed by atoms with E-state index in [1.54, 1.807) is 0 Å². The molecule has 2 saturated carbocycles. The monoisotopic (exact) mass is 342 g/mol. The van der Waals surface area contributed by atoms with Gasteiger partial charge in [-0.05, 0) is 50.1 Å². The van der Waals surface area contributed by atoms with E-state index >= 15 is 0 Å². The number of carbonyl (C=O) groups excluding carboxylic acids is 1. The number of sulfonamides is 1. The lowest BCUT2D eigenvalue weighted by atomic mass is 9.70. The van der Waals surface area contributed by atoms with Gasteiger partial charge in [0.1, 0.15) is 5.78 Å². The highest BCUT2D eigenvalue weighted by Crippen LogP contribution is 2.64. The Hall–Kier alpha value is -0.460. The van der Waals surface area contributed by atoms with Crippen LogP contribution in [0.15, 0.2) is 0 Å². The van der Waals surface area contributed by atoms with E-state index < -0.39 is 15.4 Å². The first kappa shape index (κ1) is 17.4. The summed E-state index contributed by atoms with van der Waals surface area (Å²) in [6, 6.07) is 0.302. The van der Waals surface area contributed by atoms with E-state index in [0.29, 0.717) is 24.9 Å². The molecule has 6 heteroatoms. The standard InChI is InChI=1S/C17H30N2O3S/c1-4-19-9-5-6-14(19)11-18-23(21,22)12-17-8-7-13(10-15(17)20)16(17,2)3/h13-14,18H,4-12H2,1-3H3. The van der Waals surface area contributed by atoms with Crippen LogP contribution in [0.1, 0.15) is 52.9 Å². The summed E-state index contributed by atoms with van der Waals surface area (Å²) in [6.07, 6.45) is 4.47. The van der Waals surface area contributed by atoms with Gasteiger partial charge in [0, 0.05) is 24.4 Å². The zero-order valence-corrected chi connectivity index (χ0v) is 15.4. The number of hydrogen-bond acceptors (Lipinski definition) is 4. The summed E-state index contributed by atoms with van der Waals surface area (Å²) < 4.78 is 28.2. The number of likely N-dealkylation sites (tertiary alicyclic amines) is 1. The molecule has 2 bridgehead atoms. The van der Waals surface area contributed by atoms with Crippen molar-refractivity contribution in [2.24, 2.45) is 16.7 Å². The minimum Gasteiger partial charge on any atom is -0.299 e. The lowest BCUT2D eigenvalue weighted by Gasteiger charge is -2.36. The maximum atomic E-state index is 12.7. The molecule has 1 aliphatic heterocycles. The van der Waals surface area contributed by atoms with E-state index in [9.17, 15) is 13.2 Å². The summed E-state index contributed by atoms with van der Waals surface area (Å²) >= 11 is 0. The van der Waals surface area contributed by atoms with Crippen molar-refractivity contribution < 1.29 is 13.2 Å². The van der Waals surface area contributed by atoms with Crippen molar-refractivity contribution >= 4 is 15.8 Å². The van der Waals surface area contributed by atoms with Gasteiger partial charge in [-0.3, -0.25) is 9.69 Å². The average Bonchev–Trinajstić information content (AvgIpc) is 3.07. The van der Waals surface area contributed by atoms with E-state index in [2.05, 4.69) is 30.4 Å². The Morgan fingerprint density at radius 1 is 1.30 bits per heavy atom. The maximum Gasteiger partial charge on any atom is 0.212 e.